The summed E-state index contributed by atoms with van der Waals surface area (Å²) < 4.78 is 0. The Kier molecular flexibility index (Phi) is 2.87. The number of nitrogens with two attached hydrogens (primary N) is 1. The number of thiocarbonyl (C=S) groups is 1. The summed E-state index contributed by atoms with van der Waals surface area (Å²) in [5, 5.41) is 2.85. The van der Waals surface area contributed by atoms with Gasteiger partial charge in [-0.15, -0.1) is 0 Å². The maximum absolute atomic E-state index is 12.1. The Bertz CT molecular complexity index is 495. The van der Waals surface area contributed by atoms with Gasteiger partial charge >= 0.3 is 0 Å². The van der Waals surface area contributed by atoms with Crippen molar-refractivity contribution in [2.24, 2.45) is 11.1 Å². The molecule has 90 valence electrons. The molecule has 1 aromatic rings. The van der Waals surface area contributed by atoms with E-state index >= 15 is 0 Å². The van der Waals surface area contributed by atoms with Crippen molar-refractivity contribution in [1.82, 2.24) is 4.98 Å². The number of carbonyl (C=O) groups excluding carboxylic acids is 1. The molecule has 2 rings (SSSR count). The summed E-state index contributed by atoms with van der Waals surface area (Å²) in [6.07, 6.45) is 1.49. The molecule has 0 aliphatic heterocycles. The van der Waals surface area contributed by atoms with Crippen LogP contribution in [0.15, 0.2) is 12.1 Å². The first-order valence-corrected chi connectivity index (χ1v) is 5.92. The normalized spacial score (nSPS) is 16.4. The van der Waals surface area contributed by atoms with Gasteiger partial charge in [0.2, 0.25) is 5.91 Å². The average Bonchev–Trinajstić information content (AvgIpc) is 3.02. The minimum absolute atomic E-state index is 0.112. The van der Waals surface area contributed by atoms with Crippen LogP contribution < -0.4 is 11.1 Å². The highest BCUT2D eigenvalue weighted by Gasteiger charge is 2.52. The lowest BCUT2D eigenvalue weighted by molar-refractivity contribution is -0.118. The topological polar surface area (TPSA) is 68.0 Å². The number of nitrogens with zero attached hydrogens (tertiary/aromatic N) is 1. The average molecular weight is 249 g/mol. The minimum atomic E-state index is -0.618. The maximum atomic E-state index is 12.1. The molecule has 0 saturated heterocycles. The van der Waals surface area contributed by atoms with Crippen molar-refractivity contribution in [3.8, 4) is 0 Å². The van der Waals surface area contributed by atoms with Crippen molar-refractivity contribution in [3.63, 3.8) is 0 Å². The van der Waals surface area contributed by atoms with Crippen molar-refractivity contribution in [2.45, 2.75) is 26.7 Å². The third-order valence-corrected chi connectivity index (χ3v) is 3.52. The Hall–Kier alpha value is -1.49. The Labute approximate surface area is 106 Å². The van der Waals surface area contributed by atoms with Gasteiger partial charge in [-0.25, -0.2) is 0 Å². The predicted octanol–water partition coefficient (Wildman–Crippen LogP) is 1.70. The number of pyridine rings is 1. The van der Waals surface area contributed by atoms with E-state index in [2.05, 4.69) is 10.3 Å². The van der Waals surface area contributed by atoms with Gasteiger partial charge in [-0.3, -0.25) is 9.78 Å². The highest BCUT2D eigenvalue weighted by molar-refractivity contribution is 7.80. The van der Waals surface area contributed by atoms with E-state index in [1.54, 1.807) is 0 Å². The third-order valence-electron chi connectivity index (χ3n) is 3.13. The van der Waals surface area contributed by atoms with Crippen LogP contribution >= 0.6 is 12.2 Å². The molecule has 1 aromatic heterocycles. The Morgan fingerprint density at radius 1 is 1.47 bits per heavy atom. The summed E-state index contributed by atoms with van der Waals surface area (Å²) in [6.45, 7) is 3.78. The van der Waals surface area contributed by atoms with E-state index in [1.807, 2.05) is 26.0 Å². The van der Waals surface area contributed by atoms with Crippen LogP contribution in [-0.2, 0) is 4.79 Å². The molecule has 0 spiro atoms. The summed E-state index contributed by atoms with van der Waals surface area (Å²) in [7, 11) is 0. The number of aryl methyl sites for hydroxylation is 2. The quantitative estimate of drug-likeness (QED) is 0.800. The van der Waals surface area contributed by atoms with Crippen molar-refractivity contribution >= 4 is 28.8 Å². The fourth-order valence-corrected chi connectivity index (χ4v) is 2.07. The highest BCUT2D eigenvalue weighted by atomic mass is 32.1. The van der Waals surface area contributed by atoms with Gasteiger partial charge in [-0.05, 0) is 38.8 Å². The largest absolute Gasteiger partial charge is 0.392 e. The van der Waals surface area contributed by atoms with Gasteiger partial charge in [-0.2, -0.15) is 0 Å². The molecular formula is C12H15N3OS. The van der Waals surface area contributed by atoms with Crippen LogP contribution in [0.25, 0.3) is 0 Å². The van der Waals surface area contributed by atoms with Crippen molar-refractivity contribution in [1.29, 1.82) is 0 Å². The second-order valence-electron chi connectivity index (χ2n) is 4.49. The zero-order valence-electron chi connectivity index (χ0n) is 9.91. The molecule has 0 bridgehead atoms. The molecule has 1 saturated carbocycles. The first kappa shape index (κ1) is 12.0. The third kappa shape index (κ3) is 2.15. The van der Waals surface area contributed by atoms with Crippen LogP contribution in [0.4, 0.5) is 5.69 Å². The first-order valence-electron chi connectivity index (χ1n) is 5.51. The number of anilines is 1. The van der Waals surface area contributed by atoms with Gasteiger partial charge in [0.1, 0.15) is 0 Å². The lowest BCUT2D eigenvalue weighted by Gasteiger charge is -2.14. The Balaban J connectivity index is 2.17. The zero-order chi connectivity index (χ0) is 12.6. The number of carbonyl (C=O) groups is 1. The monoisotopic (exact) mass is 249 g/mol. The van der Waals surface area contributed by atoms with E-state index in [0.717, 1.165) is 29.9 Å². The van der Waals surface area contributed by atoms with Gasteiger partial charge in [0.05, 0.1) is 21.8 Å². The molecule has 0 atom stereocenters. The van der Waals surface area contributed by atoms with E-state index in [0.29, 0.717) is 0 Å². The van der Waals surface area contributed by atoms with Crippen LogP contribution in [0.3, 0.4) is 0 Å². The summed E-state index contributed by atoms with van der Waals surface area (Å²) in [4.78, 5) is 16.6. The number of hydrogen-bond donors (Lipinski definition) is 2. The molecule has 0 unspecified atom stereocenters. The minimum Gasteiger partial charge on any atom is -0.392 e. The Morgan fingerprint density at radius 3 is 2.59 bits per heavy atom. The number of hydrogen-bond acceptors (Lipinski definition) is 3. The molecule has 1 aliphatic rings. The summed E-state index contributed by atoms with van der Waals surface area (Å²) in [5.74, 6) is -0.112. The van der Waals surface area contributed by atoms with Crippen LogP contribution in [-0.4, -0.2) is 15.9 Å². The van der Waals surface area contributed by atoms with Gasteiger partial charge in [0, 0.05) is 5.69 Å². The second kappa shape index (κ2) is 4.07. The smallest absolute Gasteiger partial charge is 0.237 e. The Morgan fingerprint density at radius 2 is 2.12 bits per heavy atom. The molecule has 0 radical (unpaired) electrons. The molecule has 17 heavy (non-hydrogen) atoms. The molecule has 1 fully saturated rings. The van der Waals surface area contributed by atoms with Crippen LogP contribution in [0.2, 0.25) is 0 Å². The lowest BCUT2D eigenvalue weighted by atomic mass is 10.1. The van der Waals surface area contributed by atoms with Gasteiger partial charge in [-0.1, -0.05) is 12.2 Å². The number of rotatable bonds is 3. The number of nitrogens with one attached hydrogen (secondary N) is 1. The van der Waals surface area contributed by atoms with Crippen molar-refractivity contribution < 1.29 is 4.79 Å². The first-order chi connectivity index (χ1) is 7.95. The van der Waals surface area contributed by atoms with Crippen LogP contribution in [0.1, 0.15) is 24.2 Å². The molecule has 1 aliphatic carbocycles. The standard InChI is InChI=1S/C12H15N3OS/c1-7-3-4-9(8(2)14-7)15-11(16)12(5-6-12)10(13)17/h3-4H,5-6H2,1-2H3,(H2,13,17)(H,15,16). The lowest BCUT2D eigenvalue weighted by Crippen LogP contribution is -2.35. The van der Waals surface area contributed by atoms with Crippen molar-refractivity contribution in [3.05, 3.63) is 23.5 Å². The van der Waals surface area contributed by atoms with Gasteiger partial charge < -0.3 is 11.1 Å². The summed E-state index contributed by atoms with van der Waals surface area (Å²) in [5.41, 5.74) is 7.44. The summed E-state index contributed by atoms with van der Waals surface area (Å²) >= 11 is 4.94. The fraction of sp³-hybridized carbons (Fsp3) is 0.417. The van der Waals surface area contributed by atoms with E-state index in [4.69, 9.17) is 18.0 Å². The fourth-order valence-electron chi connectivity index (χ4n) is 1.77. The molecule has 5 heteroatoms. The number of amides is 1. The zero-order valence-corrected chi connectivity index (χ0v) is 10.7. The van der Waals surface area contributed by atoms with Gasteiger partial charge in [0.25, 0.3) is 0 Å². The maximum Gasteiger partial charge on any atom is 0.237 e. The van der Waals surface area contributed by atoms with E-state index in [1.165, 1.54) is 0 Å². The van der Waals surface area contributed by atoms with E-state index in [9.17, 15) is 4.79 Å². The molecule has 1 amide bonds. The molecular weight excluding hydrogens is 234 g/mol. The van der Waals surface area contributed by atoms with Crippen LogP contribution in [0, 0.1) is 19.3 Å². The highest BCUT2D eigenvalue weighted by Crippen LogP contribution is 2.46. The molecule has 3 N–H and O–H groups in total. The second-order valence-corrected chi connectivity index (χ2v) is 4.93. The number of aromatic nitrogens is 1. The molecule has 1 heterocycles. The van der Waals surface area contributed by atoms with Crippen LogP contribution in [0.5, 0.6) is 0 Å². The predicted molar refractivity (Wildman–Crippen MR) is 70.8 cm³/mol. The van der Waals surface area contributed by atoms with Crippen molar-refractivity contribution in [2.75, 3.05) is 5.32 Å². The van der Waals surface area contributed by atoms with E-state index < -0.39 is 5.41 Å². The summed E-state index contributed by atoms with van der Waals surface area (Å²) in [6, 6.07) is 3.72. The molecule has 4 nitrogen and oxygen atoms in total. The SMILES string of the molecule is Cc1ccc(NC(=O)C2(C(N)=S)CC2)c(C)n1. The molecule has 0 aromatic carbocycles. The van der Waals surface area contributed by atoms with E-state index in [-0.39, 0.29) is 10.9 Å². The van der Waals surface area contributed by atoms with Gasteiger partial charge in [0.15, 0.2) is 0 Å².